The summed E-state index contributed by atoms with van der Waals surface area (Å²) < 4.78 is 2.65. The van der Waals surface area contributed by atoms with E-state index in [1.807, 2.05) is 3.28 Å². The predicted molar refractivity (Wildman–Crippen MR) is 102 cm³/mol. The maximum absolute atomic E-state index is 2.58. The van der Waals surface area contributed by atoms with Gasteiger partial charge in [-0.25, -0.2) is 0 Å². The molecule has 0 aromatic heterocycles. The Morgan fingerprint density at radius 2 is 1.46 bits per heavy atom. The summed E-state index contributed by atoms with van der Waals surface area (Å²) in [7, 11) is 0. The van der Waals surface area contributed by atoms with E-state index in [2.05, 4.69) is 80.7 Å². The van der Waals surface area contributed by atoms with Crippen LogP contribution < -0.4 is 24.8 Å². The summed E-state index contributed by atoms with van der Waals surface area (Å²) in [6.07, 6.45) is 7.30. The van der Waals surface area contributed by atoms with Crippen molar-refractivity contribution in [2.75, 3.05) is 0 Å². The second-order valence-electron chi connectivity index (χ2n) is 6.99. The van der Waals surface area contributed by atoms with Gasteiger partial charge in [-0.15, -0.1) is 0 Å². The summed E-state index contributed by atoms with van der Waals surface area (Å²) >= 11 is -1.76. The van der Waals surface area contributed by atoms with E-state index in [9.17, 15) is 0 Å². The summed E-state index contributed by atoms with van der Waals surface area (Å²) in [5, 5.41) is 0. The molecule has 0 radical (unpaired) electrons. The Morgan fingerprint density at radius 1 is 0.923 bits per heavy atom. The fourth-order valence-corrected chi connectivity index (χ4v) is 23.6. The van der Waals surface area contributed by atoms with Crippen LogP contribution in [0.2, 0.25) is 13.1 Å². The van der Waals surface area contributed by atoms with Crippen LogP contribution in [0.1, 0.15) is 34.5 Å². The van der Waals surface area contributed by atoms with Crippen LogP contribution in [-0.4, -0.2) is 5.43 Å². The Hall–Kier alpha value is -0.400. The molecule has 0 bridgehead atoms. The number of hydrogen-bond donors (Lipinski definition) is 0. The van der Waals surface area contributed by atoms with Gasteiger partial charge in [-0.1, -0.05) is 0 Å². The standard InChI is InChI=1S/C13H9.C7H9.C2H6Si.2ClH.Zr/c1-3-7-12-10(5-1)9-11-6-2-4-8-13(11)12;1-2-7-5-3-4-6-7;1-3-2;;;/h1-9H;3,5H,2,4H2,1H3;1-2H3;2*1H;/q;;;;;+2/p-2. The summed E-state index contributed by atoms with van der Waals surface area (Å²) in [5.74, 6) is 0. The van der Waals surface area contributed by atoms with Crippen molar-refractivity contribution in [3.05, 3.63) is 80.7 Å². The van der Waals surface area contributed by atoms with E-state index in [1.54, 1.807) is 16.7 Å². The Labute approximate surface area is 177 Å². The summed E-state index contributed by atoms with van der Waals surface area (Å²) in [5.41, 5.74) is 7.69. The van der Waals surface area contributed by atoms with Gasteiger partial charge in [0, 0.05) is 0 Å². The maximum atomic E-state index is 2.58. The zero-order valence-corrected chi connectivity index (χ0v) is 20.5. The van der Waals surface area contributed by atoms with Crippen molar-refractivity contribution in [3.63, 3.8) is 0 Å². The van der Waals surface area contributed by atoms with Crippen molar-refractivity contribution < 1.29 is 45.2 Å². The average Bonchev–Trinajstić information content (AvgIpc) is 3.19. The van der Waals surface area contributed by atoms with Crippen LogP contribution in [0.5, 0.6) is 0 Å². The molecule has 2 aromatic carbocycles. The monoisotopic (exact) mass is 476 g/mol. The maximum Gasteiger partial charge on any atom is -1.00 e. The van der Waals surface area contributed by atoms with Crippen LogP contribution in [0.25, 0.3) is 11.1 Å². The van der Waals surface area contributed by atoms with Gasteiger partial charge >= 0.3 is 154 Å². The van der Waals surface area contributed by atoms with E-state index in [1.165, 1.54) is 24.0 Å². The number of rotatable bonds is 3. The first-order valence-electron chi connectivity index (χ1n) is 8.97. The van der Waals surface area contributed by atoms with E-state index in [0.717, 1.165) is 3.63 Å². The Bertz CT molecular complexity index is 862. The number of fused-ring (bicyclic) bond motifs is 3. The van der Waals surface area contributed by atoms with Gasteiger partial charge in [0.15, 0.2) is 0 Å². The Balaban J connectivity index is 0.00000121. The normalized spacial score (nSPS) is 14.1. The largest absolute Gasteiger partial charge is 1.00 e. The molecule has 0 nitrogen and oxygen atoms in total. The minimum absolute atomic E-state index is 0. The minimum Gasteiger partial charge on any atom is -1.00 e. The molecule has 0 saturated carbocycles. The minimum atomic E-state index is -1.76. The van der Waals surface area contributed by atoms with Crippen LogP contribution >= 0.6 is 0 Å². The topological polar surface area (TPSA) is 0 Å². The zero-order chi connectivity index (χ0) is 16.7. The number of benzene rings is 2. The fraction of sp³-hybridized carbons (Fsp3) is 0.273. The molecule has 26 heavy (non-hydrogen) atoms. The molecular weight excluding hydrogens is 454 g/mol. The van der Waals surface area contributed by atoms with E-state index in [0.29, 0.717) is 0 Å². The van der Waals surface area contributed by atoms with Crippen molar-refractivity contribution in [2.24, 2.45) is 0 Å². The molecule has 0 spiro atoms. The summed E-state index contributed by atoms with van der Waals surface area (Å²) in [4.78, 5) is 0. The molecule has 0 aliphatic heterocycles. The van der Waals surface area contributed by atoms with Crippen molar-refractivity contribution in [3.8, 4) is 11.1 Å². The third kappa shape index (κ3) is 3.63. The molecule has 4 heteroatoms. The SMILES string of the molecule is CCC1=[C]([Zr+2]([CH]2c3ccccc3-c3ccccc32)=[Si](C)C)CC=C1.[Cl-].[Cl-]. The molecule has 0 fully saturated rings. The molecule has 134 valence electrons. The van der Waals surface area contributed by atoms with Gasteiger partial charge < -0.3 is 24.8 Å². The first-order chi connectivity index (χ1) is 11.7. The molecule has 4 rings (SSSR count). The van der Waals surface area contributed by atoms with Crippen LogP contribution in [0.15, 0.2) is 69.5 Å². The molecule has 0 amide bonds. The van der Waals surface area contributed by atoms with Gasteiger partial charge in [0.25, 0.3) is 0 Å². The van der Waals surface area contributed by atoms with Gasteiger partial charge in [-0.3, -0.25) is 0 Å². The number of allylic oxidation sites excluding steroid dienone is 4. The van der Waals surface area contributed by atoms with Crippen LogP contribution in [0.3, 0.4) is 0 Å². The Kier molecular flexibility index (Phi) is 7.74. The molecule has 0 unspecified atom stereocenters. The second kappa shape index (κ2) is 9.20. The molecule has 0 atom stereocenters. The molecule has 2 aromatic rings. The molecular formula is C22H24Cl2SiZr. The van der Waals surface area contributed by atoms with Crippen molar-refractivity contribution in [1.82, 2.24) is 0 Å². The van der Waals surface area contributed by atoms with Crippen LogP contribution in [0, 0.1) is 0 Å². The zero-order valence-electron chi connectivity index (χ0n) is 15.5. The molecule has 0 N–H and O–H groups in total. The van der Waals surface area contributed by atoms with Crippen molar-refractivity contribution in [2.45, 2.75) is 36.5 Å². The van der Waals surface area contributed by atoms with Gasteiger partial charge in [0.05, 0.1) is 0 Å². The number of hydrogen-bond acceptors (Lipinski definition) is 0. The Morgan fingerprint density at radius 3 is 1.96 bits per heavy atom. The number of halogens is 2. The third-order valence-corrected chi connectivity index (χ3v) is 23.7. The fourth-order valence-electron chi connectivity index (χ4n) is 4.40. The van der Waals surface area contributed by atoms with E-state index >= 15 is 0 Å². The predicted octanol–water partition coefficient (Wildman–Crippen LogP) is 0.258. The van der Waals surface area contributed by atoms with Crippen molar-refractivity contribution in [1.29, 1.82) is 0 Å². The van der Waals surface area contributed by atoms with Gasteiger partial charge in [0.2, 0.25) is 0 Å². The molecule has 0 heterocycles. The van der Waals surface area contributed by atoms with Gasteiger partial charge in [-0.2, -0.15) is 0 Å². The third-order valence-electron chi connectivity index (χ3n) is 5.40. The second-order valence-corrected chi connectivity index (χ2v) is 24.5. The molecule has 2 aliphatic rings. The van der Waals surface area contributed by atoms with Gasteiger partial charge in [-0.05, 0) is 0 Å². The smallest absolute Gasteiger partial charge is 1.00 e. The van der Waals surface area contributed by atoms with E-state index in [4.69, 9.17) is 0 Å². The van der Waals surface area contributed by atoms with E-state index < -0.39 is 20.4 Å². The first-order valence-corrected chi connectivity index (χ1v) is 17.8. The average molecular weight is 479 g/mol. The van der Waals surface area contributed by atoms with Crippen molar-refractivity contribution >= 4 is 5.43 Å². The van der Waals surface area contributed by atoms with E-state index in [-0.39, 0.29) is 30.2 Å². The van der Waals surface area contributed by atoms with Crippen LogP contribution in [0.4, 0.5) is 0 Å². The van der Waals surface area contributed by atoms with Gasteiger partial charge in [0.1, 0.15) is 0 Å². The van der Waals surface area contributed by atoms with Crippen LogP contribution in [-0.2, 0) is 20.4 Å². The molecule has 2 aliphatic carbocycles. The molecule has 0 saturated heterocycles. The summed E-state index contributed by atoms with van der Waals surface area (Å²) in [6, 6.07) is 18.4. The summed E-state index contributed by atoms with van der Waals surface area (Å²) in [6.45, 7) is 7.50. The first kappa shape index (κ1) is 21.9. The quantitative estimate of drug-likeness (QED) is 0.556.